The van der Waals surface area contributed by atoms with Crippen molar-refractivity contribution in [2.24, 2.45) is 5.92 Å². The van der Waals surface area contributed by atoms with Crippen LogP contribution in [0.2, 0.25) is 0 Å². The molecule has 2 unspecified atom stereocenters. The van der Waals surface area contributed by atoms with Crippen molar-refractivity contribution in [1.29, 1.82) is 0 Å². The molecule has 1 saturated heterocycles. The lowest BCUT2D eigenvalue weighted by Crippen LogP contribution is -2.34. The molecule has 0 bridgehead atoms. The first-order valence-electron chi connectivity index (χ1n) is 7.62. The largest absolute Gasteiger partial charge is 0.372 e. The van der Waals surface area contributed by atoms with Gasteiger partial charge in [0.15, 0.2) is 0 Å². The molecule has 1 saturated carbocycles. The molecule has 1 aliphatic heterocycles. The van der Waals surface area contributed by atoms with E-state index in [0.29, 0.717) is 12.0 Å². The van der Waals surface area contributed by atoms with Gasteiger partial charge in [0.2, 0.25) is 0 Å². The van der Waals surface area contributed by atoms with E-state index in [4.69, 9.17) is 4.74 Å². The molecule has 4 heteroatoms. The number of ether oxygens (including phenoxy) is 1. The Kier molecular flexibility index (Phi) is 3.89. The zero-order valence-corrected chi connectivity index (χ0v) is 12.0. The Morgan fingerprint density at radius 1 is 1.42 bits per heavy atom. The van der Waals surface area contributed by atoms with Gasteiger partial charge in [0.05, 0.1) is 18.2 Å². The molecule has 0 amide bonds. The van der Waals surface area contributed by atoms with E-state index in [2.05, 4.69) is 28.7 Å². The Morgan fingerprint density at radius 2 is 2.26 bits per heavy atom. The minimum absolute atomic E-state index is 0.213. The number of nitrogens with one attached hydrogen (secondary N) is 1. The molecular formula is C15H25N3O. The van der Waals surface area contributed by atoms with Gasteiger partial charge in [-0.15, -0.1) is 0 Å². The van der Waals surface area contributed by atoms with Gasteiger partial charge in [-0.2, -0.15) is 0 Å². The molecule has 1 N–H and O–H groups in total. The molecule has 3 rings (SSSR count). The zero-order chi connectivity index (χ0) is 13.2. The number of hydrogen-bond acceptors (Lipinski definition) is 3. The second kappa shape index (κ2) is 5.63. The summed E-state index contributed by atoms with van der Waals surface area (Å²) in [7, 11) is 0. The lowest BCUT2D eigenvalue weighted by Gasteiger charge is -2.33. The first-order valence-corrected chi connectivity index (χ1v) is 7.62. The summed E-state index contributed by atoms with van der Waals surface area (Å²) < 4.78 is 8.33. The van der Waals surface area contributed by atoms with Crippen molar-refractivity contribution in [2.45, 2.75) is 57.7 Å². The van der Waals surface area contributed by atoms with Gasteiger partial charge in [0.1, 0.15) is 6.10 Å². The van der Waals surface area contributed by atoms with Crippen molar-refractivity contribution >= 4 is 0 Å². The fraction of sp³-hybridized carbons (Fsp3) is 0.800. The molecule has 2 fully saturated rings. The summed E-state index contributed by atoms with van der Waals surface area (Å²) in [5, 5.41) is 3.66. The van der Waals surface area contributed by atoms with E-state index < -0.39 is 0 Å². The lowest BCUT2D eigenvalue weighted by molar-refractivity contribution is -0.0326. The maximum absolute atomic E-state index is 6.08. The highest BCUT2D eigenvalue weighted by atomic mass is 16.5. The third-order valence-corrected chi connectivity index (χ3v) is 4.23. The maximum Gasteiger partial charge on any atom is 0.103 e. The maximum atomic E-state index is 6.08. The average Bonchev–Trinajstić information content (AvgIpc) is 3.11. The Hall–Kier alpha value is -0.870. The van der Waals surface area contributed by atoms with E-state index in [1.165, 1.54) is 31.4 Å². The number of imidazole rings is 1. The van der Waals surface area contributed by atoms with Crippen molar-refractivity contribution in [1.82, 2.24) is 14.9 Å². The van der Waals surface area contributed by atoms with Crippen LogP contribution in [-0.4, -0.2) is 28.7 Å². The fourth-order valence-corrected chi connectivity index (χ4v) is 2.95. The minimum Gasteiger partial charge on any atom is -0.372 e. The predicted molar refractivity (Wildman–Crippen MR) is 75.1 cm³/mol. The summed E-state index contributed by atoms with van der Waals surface area (Å²) >= 11 is 0. The van der Waals surface area contributed by atoms with E-state index in [1.54, 1.807) is 0 Å². The molecule has 0 spiro atoms. The van der Waals surface area contributed by atoms with Crippen LogP contribution < -0.4 is 5.32 Å². The molecule has 0 radical (unpaired) electrons. The van der Waals surface area contributed by atoms with Crippen LogP contribution in [0.4, 0.5) is 0 Å². The highest BCUT2D eigenvalue weighted by Gasteiger charge is 2.31. The van der Waals surface area contributed by atoms with Crippen molar-refractivity contribution in [2.75, 3.05) is 13.2 Å². The standard InChI is InChI=1S/C15H25N3O/c1-11(2)18-10-16-9-14(18)15-12(4-3-7-19-15)8-17-13-5-6-13/h9-13,15,17H,3-8H2,1-2H3. The molecule has 1 aromatic rings. The molecule has 1 aliphatic carbocycles. The van der Waals surface area contributed by atoms with Crippen LogP contribution in [0.3, 0.4) is 0 Å². The summed E-state index contributed by atoms with van der Waals surface area (Å²) in [6.45, 7) is 6.36. The Morgan fingerprint density at radius 3 is 3.00 bits per heavy atom. The molecule has 1 aromatic heterocycles. The normalized spacial score (nSPS) is 27.9. The van der Waals surface area contributed by atoms with Crippen LogP contribution in [-0.2, 0) is 4.74 Å². The van der Waals surface area contributed by atoms with Gasteiger partial charge >= 0.3 is 0 Å². The number of rotatable bonds is 5. The summed E-state index contributed by atoms with van der Waals surface area (Å²) in [5.41, 5.74) is 1.25. The van der Waals surface area contributed by atoms with Crippen LogP contribution >= 0.6 is 0 Å². The Labute approximate surface area is 115 Å². The van der Waals surface area contributed by atoms with Crippen LogP contribution in [0.25, 0.3) is 0 Å². The number of aromatic nitrogens is 2. The molecule has 2 atom stereocenters. The molecule has 2 heterocycles. The Bertz CT molecular complexity index is 411. The van der Waals surface area contributed by atoms with Gasteiger partial charge in [-0.25, -0.2) is 4.98 Å². The van der Waals surface area contributed by atoms with Crippen LogP contribution in [0.15, 0.2) is 12.5 Å². The summed E-state index contributed by atoms with van der Waals surface area (Å²) in [4.78, 5) is 4.32. The molecule has 0 aromatic carbocycles. The van der Waals surface area contributed by atoms with Gasteiger partial charge in [0, 0.05) is 31.2 Å². The number of nitrogens with zero attached hydrogens (tertiary/aromatic N) is 2. The highest BCUT2D eigenvalue weighted by Crippen LogP contribution is 2.34. The van der Waals surface area contributed by atoms with Crippen LogP contribution in [0, 0.1) is 5.92 Å². The quantitative estimate of drug-likeness (QED) is 0.887. The van der Waals surface area contributed by atoms with E-state index >= 15 is 0 Å². The fourth-order valence-electron chi connectivity index (χ4n) is 2.95. The highest BCUT2D eigenvalue weighted by molar-refractivity contribution is 5.07. The first kappa shape index (κ1) is 13.1. The molecule has 19 heavy (non-hydrogen) atoms. The monoisotopic (exact) mass is 263 g/mol. The van der Waals surface area contributed by atoms with Crippen molar-refractivity contribution in [3.05, 3.63) is 18.2 Å². The smallest absolute Gasteiger partial charge is 0.103 e. The van der Waals surface area contributed by atoms with E-state index in [9.17, 15) is 0 Å². The van der Waals surface area contributed by atoms with Gasteiger partial charge < -0.3 is 14.6 Å². The second-order valence-corrected chi connectivity index (χ2v) is 6.20. The number of hydrogen-bond donors (Lipinski definition) is 1. The molecule has 2 aliphatic rings. The van der Waals surface area contributed by atoms with E-state index in [1.807, 2.05) is 12.5 Å². The summed E-state index contributed by atoms with van der Waals surface area (Å²) in [6, 6.07) is 1.22. The van der Waals surface area contributed by atoms with Crippen molar-refractivity contribution in [3.8, 4) is 0 Å². The SMILES string of the molecule is CC(C)n1cncc1C1OCCCC1CNC1CC1. The van der Waals surface area contributed by atoms with Crippen molar-refractivity contribution in [3.63, 3.8) is 0 Å². The van der Waals surface area contributed by atoms with Gasteiger partial charge in [0.25, 0.3) is 0 Å². The molecule has 106 valence electrons. The minimum atomic E-state index is 0.213. The van der Waals surface area contributed by atoms with Gasteiger partial charge in [-0.1, -0.05) is 0 Å². The summed E-state index contributed by atoms with van der Waals surface area (Å²) in [5.74, 6) is 0.587. The topological polar surface area (TPSA) is 39.1 Å². The van der Waals surface area contributed by atoms with Gasteiger partial charge in [-0.3, -0.25) is 0 Å². The molecule has 4 nitrogen and oxygen atoms in total. The average molecular weight is 263 g/mol. The third-order valence-electron chi connectivity index (χ3n) is 4.23. The lowest BCUT2D eigenvalue weighted by atomic mass is 9.92. The van der Waals surface area contributed by atoms with Crippen LogP contribution in [0.1, 0.15) is 57.4 Å². The Balaban J connectivity index is 1.72. The predicted octanol–water partition coefficient (Wildman–Crippen LogP) is 2.68. The van der Waals surface area contributed by atoms with E-state index in [0.717, 1.165) is 19.2 Å². The summed E-state index contributed by atoms with van der Waals surface area (Å²) in [6.07, 6.45) is 9.27. The van der Waals surface area contributed by atoms with Gasteiger partial charge in [-0.05, 0) is 39.5 Å². The van der Waals surface area contributed by atoms with Crippen molar-refractivity contribution < 1.29 is 4.74 Å². The zero-order valence-electron chi connectivity index (χ0n) is 12.0. The second-order valence-electron chi connectivity index (χ2n) is 6.20. The van der Waals surface area contributed by atoms with E-state index in [-0.39, 0.29) is 6.10 Å². The molecular weight excluding hydrogens is 238 g/mol. The first-order chi connectivity index (χ1) is 9.25. The third kappa shape index (κ3) is 3.00. The van der Waals surface area contributed by atoms with Crippen LogP contribution in [0.5, 0.6) is 0 Å².